The van der Waals surface area contributed by atoms with Gasteiger partial charge in [-0.1, -0.05) is 13.8 Å². The molecule has 1 atom stereocenters. The van der Waals surface area contributed by atoms with Crippen LogP contribution in [0.1, 0.15) is 32.9 Å². The molecule has 3 N–H and O–H groups in total. The van der Waals surface area contributed by atoms with Gasteiger partial charge in [0.05, 0.1) is 18.1 Å². The van der Waals surface area contributed by atoms with Crippen molar-refractivity contribution >= 4 is 5.82 Å². The first-order valence-corrected chi connectivity index (χ1v) is 5.72. The largest absolute Gasteiger partial charge is 0.307 e. The first kappa shape index (κ1) is 12.9. The lowest BCUT2D eigenvalue weighted by Gasteiger charge is -2.26. The number of nitrogens with one attached hydrogen (secondary N) is 1. The van der Waals surface area contributed by atoms with E-state index in [1.165, 1.54) is 0 Å². The third-order valence-electron chi connectivity index (χ3n) is 2.84. The Labute approximate surface area is 97.0 Å². The Bertz CT molecular complexity index is 298. The molecule has 0 aliphatic carbocycles. The number of rotatable bonds is 6. The van der Waals surface area contributed by atoms with Gasteiger partial charge in [-0.2, -0.15) is 0 Å². The number of anilines is 1. The zero-order chi connectivity index (χ0) is 12.0. The highest BCUT2D eigenvalue weighted by Crippen LogP contribution is 2.08. The number of aromatic nitrogens is 2. The van der Waals surface area contributed by atoms with Crippen LogP contribution in [0.3, 0.4) is 0 Å². The van der Waals surface area contributed by atoms with Crippen LogP contribution in [0.4, 0.5) is 5.82 Å². The molecule has 90 valence electrons. The fourth-order valence-corrected chi connectivity index (χ4v) is 1.56. The van der Waals surface area contributed by atoms with Crippen molar-refractivity contribution in [3.63, 3.8) is 0 Å². The predicted octanol–water partition coefficient (Wildman–Crippen LogP) is 1.38. The molecule has 0 aliphatic rings. The molecule has 5 nitrogen and oxygen atoms in total. The van der Waals surface area contributed by atoms with Crippen LogP contribution >= 0.6 is 0 Å². The number of hydrogen-bond donors (Lipinski definition) is 2. The lowest BCUT2D eigenvalue weighted by atomic mass is 10.2. The van der Waals surface area contributed by atoms with E-state index in [9.17, 15) is 0 Å². The summed E-state index contributed by atoms with van der Waals surface area (Å²) in [7, 11) is 0. The van der Waals surface area contributed by atoms with Crippen LogP contribution < -0.4 is 11.3 Å². The maximum Gasteiger partial charge on any atom is 0.158 e. The molecule has 0 radical (unpaired) electrons. The van der Waals surface area contributed by atoms with Gasteiger partial charge >= 0.3 is 0 Å². The monoisotopic (exact) mass is 223 g/mol. The molecular weight excluding hydrogens is 202 g/mol. The summed E-state index contributed by atoms with van der Waals surface area (Å²) >= 11 is 0. The van der Waals surface area contributed by atoms with Gasteiger partial charge in [-0.25, -0.2) is 10.8 Å². The zero-order valence-electron chi connectivity index (χ0n) is 10.3. The third kappa shape index (κ3) is 3.43. The lowest BCUT2D eigenvalue weighted by Crippen LogP contribution is -2.32. The van der Waals surface area contributed by atoms with Crippen LogP contribution in [0, 0.1) is 0 Å². The molecule has 0 aromatic carbocycles. The minimum atomic E-state index is 0.569. The summed E-state index contributed by atoms with van der Waals surface area (Å²) in [5.74, 6) is 5.83. The highest BCUT2D eigenvalue weighted by molar-refractivity contribution is 5.28. The van der Waals surface area contributed by atoms with Crippen LogP contribution in [0.5, 0.6) is 0 Å². The normalized spacial score (nSPS) is 12.8. The molecular formula is C11H21N5. The Hall–Kier alpha value is -1.20. The minimum Gasteiger partial charge on any atom is -0.307 e. The molecule has 0 saturated carbocycles. The van der Waals surface area contributed by atoms with Crippen molar-refractivity contribution in [2.24, 2.45) is 5.84 Å². The standard InChI is InChI=1S/C11H21N5/c1-4-9(3)16(5-2)8-10-6-14-11(15-12)7-13-10/h6-7,9H,4-5,8,12H2,1-3H3,(H,14,15). The van der Waals surface area contributed by atoms with Gasteiger partial charge in [-0.05, 0) is 19.9 Å². The summed E-state index contributed by atoms with van der Waals surface area (Å²) in [6, 6.07) is 0.569. The quantitative estimate of drug-likeness (QED) is 0.563. The van der Waals surface area contributed by atoms with E-state index in [1.54, 1.807) is 12.4 Å². The van der Waals surface area contributed by atoms with Crippen molar-refractivity contribution in [3.8, 4) is 0 Å². The Balaban J connectivity index is 2.63. The number of nitrogens with zero attached hydrogens (tertiary/aromatic N) is 3. The summed E-state index contributed by atoms with van der Waals surface area (Å²) in [6.45, 7) is 8.44. The highest BCUT2D eigenvalue weighted by Gasteiger charge is 2.11. The van der Waals surface area contributed by atoms with Crippen molar-refractivity contribution in [2.45, 2.75) is 39.8 Å². The van der Waals surface area contributed by atoms with Crippen LogP contribution in [-0.2, 0) is 6.54 Å². The average molecular weight is 223 g/mol. The Morgan fingerprint density at radius 1 is 1.38 bits per heavy atom. The molecule has 0 amide bonds. The van der Waals surface area contributed by atoms with Crippen LogP contribution in [0.2, 0.25) is 0 Å². The van der Waals surface area contributed by atoms with E-state index in [0.717, 1.165) is 25.2 Å². The molecule has 1 aromatic heterocycles. The van der Waals surface area contributed by atoms with Crippen molar-refractivity contribution in [1.82, 2.24) is 14.9 Å². The molecule has 1 heterocycles. The summed E-state index contributed by atoms with van der Waals surface area (Å²) < 4.78 is 0. The smallest absolute Gasteiger partial charge is 0.158 e. The van der Waals surface area contributed by atoms with E-state index < -0.39 is 0 Å². The van der Waals surface area contributed by atoms with E-state index >= 15 is 0 Å². The second kappa shape index (κ2) is 6.40. The summed E-state index contributed by atoms with van der Waals surface area (Å²) in [6.07, 6.45) is 4.56. The van der Waals surface area contributed by atoms with E-state index in [-0.39, 0.29) is 0 Å². The summed E-state index contributed by atoms with van der Waals surface area (Å²) in [5, 5.41) is 0. The van der Waals surface area contributed by atoms with Gasteiger partial charge < -0.3 is 5.43 Å². The van der Waals surface area contributed by atoms with Gasteiger partial charge in [0.15, 0.2) is 5.82 Å². The number of hydrazine groups is 1. The zero-order valence-corrected chi connectivity index (χ0v) is 10.3. The van der Waals surface area contributed by atoms with E-state index in [1.807, 2.05) is 0 Å². The Kier molecular flexibility index (Phi) is 5.14. The molecule has 0 fully saturated rings. The van der Waals surface area contributed by atoms with Gasteiger partial charge in [0.2, 0.25) is 0 Å². The molecule has 1 rings (SSSR count). The van der Waals surface area contributed by atoms with Gasteiger partial charge in [-0.3, -0.25) is 9.88 Å². The van der Waals surface area contributed by atoms with Gasteiger partial charge in [-0.15, -0.1) is 0 Å². The molecule has 1 aromatic rings. The van der Waals surface area contributed by atoms with Crippen molar-refractivity contribution in [2.75, 3.05) is 12.0 Å². The minimum absolute atomic E-state index is 0.569. The third-order valence-corrected chi connectivity index (χ3v) is 2.84. The fraction of sp³-hybridized carbons (Fsp3) is 0.636. The van der Waals surface area contributed by atoms with Crippen molar-refractivity contribution < 1.29 is 0 Å². The van der Waals surface area contributed by atoms with Gasteiger partial charge in [0.25, 0.3) is 0 Å². The fourth-order valence-electron chi connectivity index (χ4n) is 1.56. The highest BCUT2D eigenvalue weighted by atomic mass is 15.3. The first-order valence-electron chi connectivity index (χ1n) is 5.72. The average Bonchev–Trinajstić information content (AvgIpc) is 2.35. The summed E-state index contributed by atoms with van der Waals surface area (Å²) in [4.78, 5) is 10.8. The number of nitrogen functional groups attached to an aromatic ring is 1. The lowest BCUT2D eigenvalue weighted by molar-refractivity contribution is 0.203. The molecule has 1 unspecified atom stereocenters. The molecule has 0 spiro atoms. The van der Waals surface area contributed by atoms with Crippen LogP contribution in [0.25, 0.3) is 0 Å². The number of hydrogen-bond acceptors (Lipinski definition) is 5. The van der Waals surface area contributed by atoms with Crippen molar-refractivity contribution in [1.29, 1.82) is 0 Å². The summed E-state index contributed by atoms with van der Waals surface area (Å²) in [5.41, 5.74) is 3.44. The predicted molar refractivity (Wildman–Crippen MR) is 65.7 cm³/mol. The first-order chi connectivity index (χ1) is 7.71. The molecule has 5 heteroatoms. The SMILES string of the molecule is CCC(C)N(CC)Cc1cnc(NN)cn1. The van der Waals surface area contributed by atoms with Crippen LogP contribution in [-0.4, -0.2) is 27.5 Å². The van der Waals surface area contributed by atoms with Gasteiger partial charge in [0, 0.05) is 12.6 Å². The topological polar surface area (TPSA) is 67.1 Å². The second-order valence-electron chi connectivity index (χ2n) is 3.86. The van der Waals surface area contributed by atoms with Crippen molar-refractivity contribution in [3.05, 3.63) is 18.1 Å². The van der Waals surface area contributed by atoms with E-state index in [4.69, 9.17) is 5.84 Å². The molecule has 0 bridgehead atoms. The maximum absolute atomic E-state index is 5.23. The van der Waals surface area contributed by atoms with E-state index in [0.29, 0.717) is 11.9 Å². The van der Waals surface area contributed by atoms with Gasteiger partial charge in [0.1, 0.15) is 0 Å². The maximum atomic E-state index is 5.23. The Morgan fingerprint density at radius 3 is 2.56 bits per heavy atom. The van der Waals surface area contributed by atoms with E-state index in [2.05, 4.69) is 41.1 Å². The molecule has 16 heavy (non-hydrogen) atoms. The van der Waals surface area contributed by atoms with Crippen LogP contribution in [0.15, 0.2) is 12.4 Å². The number of nitrogens with two attached hydrogens (primary N) is 1. The Morgan fingerprint density at radius 2 is 2.12 bits per heavy atom. The second-order valence-corrected chi connectivity index (χ2v) is 3.86. The molecule has 0 saturated heterocycles. The molecule has 0 aliphatic heterocycles.